The molecule has 0 saturated carbocycles. The fourth-order valence-electron chi connectivity index (χ4n) is 3.39. The maximum atomic E-state index is 6.06. The number of hydrogen-bond acceptors (Lipinski definition) is 7. The normalized spacial score (nSPS) is 20.1. The maximum Gasteiger partial charge on any atom is 0.176 e. The Bertz CT molecular complexity index is 998. The molecule has 2 aliphatic rings. The second-order valence-electron chi connectivity index (χ2n) is 7.25. The largest absolute Gasteiger partial charge is 0.322 e. The predicted molar refractivity (Wildman–Crippen MR) is 128 cm³/mol. The molecule has 2 N–H and O–H groups in total. The second kappa shape index (κ2) is 10.0. The van der Waals surface area contributed by atoms with Gasteiger partial charge in [0.25, 0.3) is 0 Å². The first-order chi connectivity index (χ1) is 14.5. The zero-order valence-electron chi connectivity index (χ0n) is 18.4. The first kappa shape index (κ1) is 22.2. The van der Waals surface area contributed by atoms with Crippen LogP contribution in [0.4, 0.5) is 0 Å². The molecule has 2 aromatic rings. The molecular formula is C22H31N7S. The Morgan fingerprint density at radius 2 is 2.03 bits per heavy atom. The summed E-state index contributed by atoms with van der Waals surface area (Å²) < 4.78 is 2.11. The fraction of sp³-hybridized carbons (Fsp3) is 0.455. The van der Waals surface area contributed by atoms with Crippen LogP contribution in [0.5, 0.6) is 0 Å². The number of benzene rings is 1. The molecule has 160 valence electrons. The number of imidazole rings is 1. The van der Waals surface area contributed by atoms with E-state index in [1.165, 1.54) is 5.57 Å². The quantitative estimate of drug-likeness (QED) is 0.744. The number of nitrogens with zero attached hydrogens (tertiary/aromatic N) is 6. The standard InChI is InChI=1S/C20H25N7S.C2H6/c1-13(2)7-6-10-27-18-15(11-17(21)22-12-23-18)25-20(27)28-19-24-14-8-4-5-9-16(14)26(19)3;1-2/h4-5,7-9,12,15,17H,6,10-11,21H2,1-3H3;1-2H3. The minimum Gasteiger partial charge on any atom is -0.322 e. The molecule has 30 heavy (non-hydrogen) atoms. The Hall–Kier alpha value is -2.45. The number of aliphatic imine (C=N–C) groups is 3. The van der Waals surface area contributed by atoms with Crippen LogP contribution in [0.25, 0.3) is 11.0 Å². The van der Waals surface area contributed by atoms with Crippen LogP contribution >= 0.6 is 11.8 Å². The van der Waals surface area contributed by atoms with Gasteiger partial charge in [-0.3, -0.25) is 9.98 Å². The topological polar surface area (TPSA) is 84.2 Å². The third-order valence-electron chi connectivity index (χ3n) is 4.82. The number of hydrogen-bond donors (Lipinski definition) is 1. The molecule has 0 fully saturated rings. The summed E-state index contributed by atoms with van der Waals surface area (Å²) in [6.45, 7) is 9.05. The summed E-state index contributed by atoms with van der Waals surface area (Å²) >= 11 is 1.59. The van der Waals surface area contributed by atoms with Gasteiger partial charge in [0, 0.05) is 20.0 Å². The highest BCUT2D eigenvalue weighted by Gasteiger charge is 2.35. The molecule has 0 amide bonds. The van der Waals surface area contributed by atoms with Crippen molar-refractivity contribution in [3.63, 3.8) is 0 Å². The van der Waals surface area contributed by atoms with Crippen LogP contribution in [0.2, 0.25) is 0 Å². The van der Waals surface area contributed by atoms with Crippen LogP contribution in [0.1, 0.15) is 40.5 Å². The zero-order valence-corrected chi connectivity index (χ0v) is 19.2. The summed E-state index contributed by atoms with van der Waals surface area (Å²) in [6.07, 6.45) is 5.14. The molecule has 0 radical (unpaired) electrons. The lowest BCUT2D eigenvalue weighted by molar-refractivity contribution is 0.590. The maximum absolute atomic E-state index is 6.06. The van der Waals surface area contributed by atoms with Gasteiger partial charge in [0.1, 0.15) is 24.4 Å². The Labute approximate surface area is 182 Å². The molecule has 1 aromatic heterocycles. The second-order valence-corrected chi connectivity index (χ2v) is 8.18. The van der Waals surface area contributed by atoms with Gasteiger partial charge in [-0.2, -0.15) is 0 Å². The average molecular weight is 426 g/mol. The summed E-state index contributed by atoms with van der Waals surface area (Å²) in [5, 5.41) is 1.84. The van der Waals surface area contributed by atoms with Gasteiger partial charge >= 0.3 is 0 Å². The number of para-hydroxylation sites is 2. The summed E-state index contributed by atoms with van der Waals surface area (Å²) in [6, 6.07) is 8.10. The van der Waals surface area contributed by atoms with Crippen molar-refractivity contribution < 1.29 is 0 Å². The van der Waals surface area contributed by atoms with E-state index in [1.54, 1.807) is 18.1 Å². The zero-order chi connectivity index (χ0) is 21.7. The number of amidine groups is 2. The Morgan fingerprint density at radius 1 is 1.27 bits per heavy atom. The minimum atomic E-state index is -0.269. The predicted octanol–water partition coefficient (Wildman–Crippen LogP) is 4.20. The molecule has 0 aliphatic carbocycles. The van der Waals surface area contributed by atoms with E-state index in [9.17, 15) is 0 Å². The van der Waals surface area contributed by atoms with Gasteiger partial charge in [-0.1, -0.05) is 37.6 Å². The van der Waals surface area contributed by atoms with E-state index in [0.717, 1.165) is 40.2 Å². The summed E-state index contributed by atoms with van der Waals surface area (Å²) in [5.41, 5.74) is 9.47. The number of nitrogens with two attached hydrogens (primary N) is 1. The number of allylic oxidation sites excluding steroid dienone is 1. The highest BCUT2D eigenvalue weighted by atomic mass is 32.2. The molecule has 1 aromatic carbocycles. The molecule has 0 spiro atoms. The van der Waals surface area contributed by atoms with Gasteiger partial charge in [0.2, 0.25) is 0 Å². The van der Waals surface area contributed by atoms with Crippen molar-refractivity contribution in [2.75, 3.05) is 6.54 Å². The molecule has 7 nitrogen and oxygen atoms in total. The molecule has 0 saturated heterocycles. The highest BCUT2D eigenvalue weighted by molar-refractivity contribution is 8.13. The number of aromatic nitrogens is 2. The van der Waals surface area contributed by atoms with E-state index in [4.69, 9.17) is 15.7 Å². The fourth-order valence-corrected chi connectivity index (χ4v) is 4.41. The molecule has 2 atom stereocenters. The molecule has 4 rings (SSSR count). The van der Waals surface area contributed by atoms with Crippen molar-refractivity contribution in [1.29, 1.82) is 0 Å². The van der Waals surface area contributed by atoms with Crippen molar-refractivity contribution in [2.45, 2.75) is 57.9 Å². The van der Waals surface area contributed by atoms with Crippen LogP contribution in [0.3, 0.4) is 0 Å². The van der Waals surface area contributed by atoms with Crippen molar-refractivity contribution in [3.05, 3.63) is 35.9 Å². The van der Waals surface area contributed by atoms with Crippen LogP contribution in [-0.2, 0) is 7.05 Å². The van der Waals surface area contributed by atoms with Gasteiger partial charge in [-0.25, -0.2) is 9.98 Å². The van der Waals surface area contributed by atoms with Gasteiger partial charge in [0.15, 0.2) is 10.3 Å². The monoisotopic (exact) mass is 425 g/mol. The molecule has 2 aliphatic heterocycles. The van der Waals surface area contributed by atoms with Crippen LogP contribution in [0.15, 0.2) is 56.0 Å². The van der Waals surface area contributed by atoms with E-state index < -0.39 is 0 Å². The molecule has 8 heteroatoms. The Morgan fingerprint density at radius 3 is 2.77 bits per heavy atom. The van der Waals surface area contributed by atoms with Gasteiger partial charge in [-0.15, -0.1) is 0 Å². The average Bonchev–Trinajstić information content (AvgIpc) is 3.14. The lowest BCUT2D eigenvalue weighted by Crippen LogP contribution is -2.36. The summed E-state index contributed by atoms with van der Waals surface area (Å²) in [4.78, 5) is 20.7. The Kier molecular flexibility index (Phi) is 7.44. The highest BCUT2D eigenvalue weighted by Crippen LogP contribution is 2.30. The lowest BCUT2D eigenvalue weighted by Gasteiger charge is -2.21. The number of rotatable bonds is 4. The number of thioether (sulfide) groups is 1. The van der Waals surface area contributed by atoms with E-state index >= 15 is 0 Å². The van der Waals surface area contributed by atoms with Crippen LogP contribution in [0, 0.1) is 0 Å². The molecule has 0 bridgehead atoms. The van der Waals surface area contributed by atoms with Gasteiger partial charge in [0.05, 0.1) is 11.0 Å². The summed E-state index contributed by atoms with van der Waals surface area (Å²) in [5.74, 6) is 0.931. The Balaban J connectivity index is 0.00000124. The van der Waals surface area contributed by atoms with Crippen LogP contribution < -0.4 is 5.73 Å². The first-order valence-electron chi connectivity index (χ1n) is 10.5. The third-order valence-corrected chi connectivity index (χ3v) is 5.87. The summed E-state index contributed by atoms with van der Waals surface area (Å²) in [7, 11) is 2.04. The van der Waals surface area contributed by atoms with E-state index in [1.807, 2.05) is 39.1 Å². The smallest absolute Gasteiger partial charge is 0.176 e. The SMILES string of the molecule is CC.CC(C)=CCCN1C(Sc2nc3ccccc3n2C)=NC2CC(N)N=CN=C21. The van der Waals surface area contributed by atoms with E-state index in [0.29, 0.717) is 6.42 Å². The van der Waals surface area contributed by atoms with Gasteiger partial charge in [-0.05, 0) is 44.2 Å². The lowest BCUT2D eigenvalue weighted by atomic mass is 10.1. The first-order valence-corrected chi connectivity index (χ1v) is 11.3. The third kappa shape index (κ3) is 4.82. The van der Waals surface area contributed by atoms with Crippen molar-refractivity contribution in [3.8, 4) is 0 Å². The number of aryl methyl sites for hydroxylation is 1. The van der Waals surface area contributed by atoms with E-state index in [2.05, 4.69) is 45.4 Å². The number of fused-ring (bicyclic) bond motifs is 2. The molecule has 2 unspecified atom stereocenters. The van der Waals surface area contributed by atoms with Crippen LogP contribution in [-0.4, -0.2) is 50.5 Å². The molecule has 3 heterocycles. The minimum absolute atomic E-state index is 0.0543. The molecular weight excluding hydrogens is 394 g/mol. The van der Waals surface area contributed by atoms with Gasteiger partial charge < -0.3 is 15.2 Å². The van der Waals surface area contributed by atoms with Crippen molar-refractivity contribution in [1.82, 2.24) is 14.5 Å². The van der Waals surface area contributed by atoms with Crippen molar-refractivity contribution >= 4 is 40.1 Å². The van der Waals surface area contributed by atoms with E-state index in [-0.39, 0.29) is 12.2 Å². The van der Waals surface area contributed by atoms with Crippen molar-refractivity contribution in [2.24, 2.45) is 27.8 Å².